The molecule has 0 bridgehead atoms. The van der Waals surface area contributed by atoms with E-state index in [1.54, 1.807) is 0 Å². The molecule has 2 aromatic rings. The van der Waals surface area contributed by atoms with Gasteiger partial charge in [-0.2, -0.15) is 4.98 Å². The number of benzene rings is 1. The SMILES string of the molecule is OCc1nc(-c2ccc(F)cc2Cl)no1. The van der Waals surface area contributed by atoms with E-state index >= 15 is 0 Å². The van der Waals surface area contributed by atoms with Crippen LogP contribution in [0.3, 0.4) is 0 Å². The van der Waals surface area contributed by atoms with Gasteiger partial charge >= 0.3 is 0 Å². The van der Waals surface area contributed by atoms with Gasteiger partial charge in [-0.25, -0.2) is 4.39 Å². The monoisotopic (exact) mass is 228 g/mol. The summed E-state index contributed by atoms with van der Waals surface area (Å²) in [6.45, 7) is -0.341. The molecule has 1 aromatic heterocycles. The molecule has 6 heteroatoms. The number of rotatable bonds is 2. The van der Waals surface area contributed by atoms with Crippen molar-refractivity contribution >= 4 is 11.6 Å². The van der Waals surface area contributed by atoms with Crippen LogP contribution in [0.2, 0.25) is 5.02 Å². The van der Waals surface area contributed by atoms with Crippen molar-refractivity contribution in [2.75, 3.05) is 0 Å². The minimum absolute atomic E-state index is 0.0883. The van der Waals surface area contributed by atoms with Crippen LogP contribution in [0.5, 0.6) is 0 Å². The standard InChI is InChI=1S/C9H6ClFN2O2/c10-7-3-5(11)1-2-6(7)9-12-8(4-14)15-13-9/h1-3,14H,4H2. The molecule has 0 unspecified atom stereocenters. The molecule has 1 heterocycles. The normalized spacial score (nSPS) is 10.6. The number of aromatic nitrogens is 2. The van der Waals surface area contributed by atoms with Gasteiger partial charge in [0.25, 0.3) is 5.89 Å². The lowest BCUT2D eigenvalue weighted by atomic mass is 10.2. The second-order valence-electron chi connectivity index (χ2n) is 2.79. The minimum atomic E-state index is -0.436. The predicted molar refractivity (Wildman–Crippen MR) is 50.6 cm³/mol. The van der Waals surface area contributed by atoms with Gasteiger partial charge in [0.2, 0.25) is 5.82 Å². The first-order chi connectivity index (χ1) is 7.20. The van der Waals surface area contributed by atoms with E-state index in [0.717, 1.165) is 6.07 Å². The van der Waals surface area contributed by atoms with Crippen LogP contribution in [-0.2, 0) is 6.61 Å². The highest BCUT2D eigenvalue weighted by Gasteiger charge is 2.11. The Kier molecular flexibility index (Phi) is 2.66. The van der Waals surface area contributed by atoms with E-state index < -0.39 is 5.82 Å². The number of halogens is 2. The summed E-state index contributed by atoms with van der Waals surface area (Å²) in [5, 5.41) is 12.5. The molecule has 0 aliphatic rings. The zero-order valence-corrected chi connectivity index (χ0v) is 8.20. The average molecular weight is 229 g/mol. The largest absolute Gasteiger partial charge is 0.387 e. The first-order valence-corrected chi connectivity index (χ1v) is 4.47. The third-order valence-corrected chi connectivity index (χ3v) is 2.09. The summed E-state index contributed by atoms with van der Waals surface area (Å²) < 4.78 is 17.4. The average Bonchev–Trinajstić information content (AvgIpc) is 2.66. The number of hydrogen-bond acceptors (Lipinski definition) is 4. The fraction of sp³-hybridized carbons (Fsp3) is 0.111. The quantitative estimate of drug-likeness (QED) is 0.854. The van der Waals surface area contributed by atoms with Gasteiger partial charge in [0, 0.05) is 5.56 Å². The highest BCUT2D eigenvalue weighted by atomic mass is 35.5. The molecule has 1 aromatic carbocycles. The van der Waals surface area contributed by atoms with Gasteiger partial charge in [-0.3, -0.25) is 0 Å². The summed E-state index contributed by atoms with van der Waals surface area (Å²) in [5.41, 5.74) is 0.460. The third kappa shape index (κ3) is 1.98. The first kappa shape index (κ1) is 10.1. The molecular weight excluding hydrogens is 223 g/mol. The maximum atomic E-state index is 12.7. The van der Waals surface area contributed by atoms with E-state index in [0.29, 0.717) is 5.56 Å². The van der Waals surface area contributed by atoms with E-state index in [-0.39, 0.29) is 23.3 Å². The van der Waals surface area contributed by atoms with Gasteiger partial charge < -0.3 is 9.63 Å². The number of aliphatic hydroxyl groups is 1. The number of hydrogen-bond donors (Lipinski definition) is 1. The van der Waals surface area contributed by atoms with Gasteiger partial charge in [-0.05, 0) is 18.2 Å². The molecule has 1 N–H and O–H groups in total. The highest BCUT2D eigenvalue weighted by Crippen LogP contribution is 2.26. The zero-order chi connectivity index (χ0) is 10.8. The van der Waals surface area contributed by atoms with Crippen LogP contribution >= 0.6 is 11.6 Å². The molecule has 0 radical (unpaired) electrons. The Bertz CT molecular complexity index is 487. The van der Waals surface area contributed by atoms with Gasteiger partial charge in [-0.1, -0.05) is 16.8 Å². The van der Waals surface area contributed by atoms with Crippen LogP contribution in [0.15, 0.2) is 22.7 Å². The summed E-state index contributed by atoms with van der Waals surface area (Å²) in [5.74, 6) is -0.121. The molecule has 0 amide bonds. The van der Waals surface area contributed by atoms with Crippen molar-refractivity contribution in [3.05, 3.63) is 34.9 Å². The van der Waals surface area contributed by atoms with Gasteiger partial charge in [0.05, 0.1) is 5.02 Å². The fourth-order valence-electron chi connectivity index (χ4n) is 1.10. The number of nitrogens with zero attached hydrogens (tertiary/aromatic N) is 2. The van der Waals surface area contributed by atoms with Crippen molar-refractivity contribution < 1.29 is 14.0 Å². The van der Waals surface area contributed by atoms with Crippen molar-refractivity contribution in [3.63, 3.8) is 0 Å². The van der Waals surface area contributed by atoms with Crippen LogP contribution in [0.25, 0.3) is 11.4 Å². The molecule has 0 atom stereocenters. The van der Waals surface area contributed by atoms with Crippen molar-refractivity contribution in [2.24, 2.45) is 0 Å². The van der Waals surface area contributed by atoms with E-state index in [1.807, 2.05) is 0 Å². The van der Waals surface area contributed by atoms with E-state index in [2.05, 4.69) is 14.7 Å². The first-order valence-electron chi connectivity index (χ1n) is 4.09. The molecule has 78 valence electrons. The molecule has 0 fully saturated rings. The van der Waals surface area contributed by atoms with Crippen molar-refractivity contribution in [2.45, 2.75) is 6.61 Å². The Morgan fingerprint density at radius 3 is 2.87 bits per heavy atom. The Labute approximate surface area is 89.3 Å². The minimum Gasteiger partial charge on any atom is -0.387 e. The number of aliphatic hydroxyl groups excluding tert-OH is 1. The van der Waals surface area contributed by atoms with E-state index in [9.17, 15) is 4.39 Å². The van der Waals surface area contributed by atoms with Crippen LogP contribution < -0.4 is 0 Å². The predicted octanol–water partition coefficient (Wildman–Crippen LogP) is 2.02. The lowest BCUT2D eigenvalue weighted by Crippen LogP contribution is -1.85. The second kappa shape index (κ2) is 3.96. The van der Waals surface area contributed by atoms with Crippen molar-refractivity contribution in [3.8, 4) is 11.4 Å². The zero-order valence-electron chi connectivity index (χ0n) is 7.44. The lowest BCUT2D eigenvalue weighted by molar-refractivity contribution is 0.222. The third-order valence-electron chi connectivity index (χ3n) is 1.78. The van der Waals surface area contributed by atoms with Crippen molar-refractivity contribution in [1.82, 2.24) is 10.1 Å². The molecule has 15 heavy (non-hydrogen) atoms. The summed E-state index contributed by atoms with van der Waals surface area (Å²) in [7, 11) is 0. The van der Waals surface area contributed by atoms with E-state index in [1.165, 1.54) is 12.1 Å². The topological polar surface area (TPSA) is 59.2 Å². The summed E-state index contributed by atoms with van der Waals surface area (Å²) in [6, 6.07) is 3.85. The highest BCUT2D eigenvalue weighted by molar-refractivity contribution is 6.33. The lowest BCUT2D eigenvalue weighted by Gasteiger charge is -1.97. The Morgan fingerprint density at radius 2 is 2.27 bits per heavy atom. The molecule has 0 saturated carbocycles. The Morgan fingerprint density at radius 1 is 1.47 bits per heavy atom. The summed E-state index contributed by atoms with van der Waals surface area (Å²) >= 11 is 5.79. The maximum Gasteiger partial charge on any atom is 0.252 e. The maximum absolute atomic E-state index is 12.7. The summed E-state index contributed by atoms with van der Waals surface area (Å²) in [4.78, 5) is 3.85. The second-order valence-corrected chi connectivity index (χ2v) is 3.20. The van der Waals surface area contributed by atoms with Crippen LogP contribution in [-0.4, -0.2) is 15.2 Å². The van der Waals surface area contributed by atoms with Gasteiger partial charge in [0.15, 0.2) is 0 Å². The molecule has 4 nitrogen and oxygen atoms in total. The Hall–Kier alpha value is -1.46. The Balaban J connectivity index is 2.44. The smallest absolute Gasteiger partial charge is 0.252 e. The van der Waals surface area contributed by atoms with Crippen LogP contribution in [0.1, 0.15) is 5.89 Å². The summed E-state index contributed by atoms with van der Waals surface area (Å²) in [6.07, 6.45) is 0. The van der Waals surface area contributed by atoms with Crippen LogP contribution in [0, 0.1) is 5.82 Å². The van der Waals surface area contributed by atoms with Gasteiger partial charge in [0.1, 0.15) is 12.4 Å². The molecule has 0 aliphatic carbocycles. The molecule has 0 aliphatic heterocycles. The molecule has 0 spiro atoms. The fourth-order valence-corrected chi connectivity index (χ4v) is 1.35. The van der Waals surface area contributed by atoms with Gasteiger partial charge in [-0.15, -0.1) is 0 Å². The molecule has 0 saturated heterocycles. The molecular formula is C9H6ClFN2O2. The van der Waals surface area contributed by atoms with Crippen LogP contribution in [0.4, 0.5) is 4.39 Å². The van der Waals surface area contributed by atoms with Crippen molar-refractivity contribution in [1.29, 1.82) is 0 Å². The van der Waals surface area contributed by atoms with E-state index in [4.69, 9.17) is 16.7 Å². The molecule has 2 rings (SSSR count).